The minimum absolute atomic E-state index is 0.111. The van der Waals surface area contributed by atoms with Gasteiger partial charge < -0.3 is 0 Å². The van der Waals surface area contributed by atoms with Gasteiger partial charge >= 0.3 is 6.55 Å². The molecule has 0 spiro atoms. The number of benzene rings is 2. The fourth-order valence-corrected chi connectivity index (χ4v) is 4.60. The van der Waals surface area contributed by atoms with Crippen LogP contribution in [0.4, 0.5) is 13.2 Å². The Bertz CT molecular complexity index is 1080. The SMILES string of the molecule is Cc1c(F)cccc1[C@]1(C(=O)NO)CC[C@H](c2ccc3cnn(C(F)F)c3c2)C1. The summed E-state index contributed by atoms with van der Waals surface area (Å²) in [6.45, 7) is -1.14. The van der Waals surface area contributed by atoms with Crippen LogP contribution >= 0.6 is 0 Å². The van der Waals surface area contributed by atoms with E-state index in [0.717, 1.165) is 5.56 Å². The molecule has 29 heavy (non-hydrogen) atoms. The van der Waals surface area contributed by atoms with Crippen LogP contribution in [-0.2, 0) is 10.2 Å². The largest absolute Gasteiger partial charge is 0.333 e. The standard InChI is InChI=1S/C21H20F3N3O2/c1-12-16(3-2-4-17(12)22)21(19(28)26-29)8-7-14(10-21)13-5-6-15-11-25-27(20(23)24)18(15)9-13/h2-6,9,11,14,20,29H,7-8,10H2,1H3,(H,26,28)/t14-,21-/m0/s1. The van der Waals surface area contributed by atoms with Crippen LogP contribution in [0, 0.1) is 12.7 Å². The predicted molar refractivity (Wildman–Crippen MR) is 100 cm³/mol. The van der Waals surface area contributed by atoms with Gasteiger partial charge in [-0.15, -0.1) is 0 Å². The molecule has 1 amide bonds. The van der Waals surface area contributed by atoms with E-state index in [2.05, 4.69) is 5.10 Å². The molecule has 1 heterocycles. The van der Waals surface area contributed by atoms with Crippen LogP contribution in [0.2, 0.25) is 0 Å². The lowest BCUT2D eigenvalue weighted by Crippen LogP contribution is -2.42. The lowest BCUT2D eigenvalue weighted by atomic mass is 9.75. The molecule has 2 atom stereocenters. The Morgan fingerprint density at radius 3 is 2.86 bits per heavy atom. The van der Waals surface area contributed by atoms with Gasteiger partial charge in [-0.1, -0.05) is 24.3 Å². The second kappa shape index (κ2) is 7.18. The third kappa shape index (κ3) is 3.07. The Balaban J connectivity index is 1.75. The highest BCUT2D eigenvalue weighted by atomic mass is 19.3. The second-order valence-corrected chi connectivity index (χ2v) is 7.56. The van der Waals surface area contributed by atoms with Gasteiger partial charge in [0.25, 0.3) is 5.91 Å². The van der Waals surface area contributed by atoms with Gasteiger partial charge in [-0.3, -0.25) is 10.0 Å². The molecule has 0 saturated heterocycles. The number of aromatic nitrogens is 2. The summed E-state index contributed by atoms with van der Waals surface area (Å²) < 4.78 is 41.2. The first-order chi connectivity index (χ1) is 13.9. The molecule has 1 aromatic heterocycles. The Labute approximate surface area is 165 Å². The number of hydrogen-bond acceptors (Lipinski definition) is 3. The quantitative estimate of drug-likeness (QED) is 0.495. The van der Waals surface area contributed by atoms with Crippen molar-refractivity contribution in [1.82, 2.24) is 15.3 Å². The normalized spacial score (nSPS) is 21.8. The van der Waals surface area contributed by atoms with E-state index in [1.807, 2.05) is 6.07 Å². The Kier molecular flexibility index (Phi) is 4.82. The summed E-state index contributed by atoms with van der Waals surface area (Å²) in [4.78, 5) is 12.7. The van der Waals surface area contributed by atoms with Crippen molar-refractivity contribution >= 4 is 16.8 Å². The molecule has 3 aromatic rings. The van der Waals surface area contributed by atoms with E-state index < -0.39 is 23.7 Å². The molecule has 152 valence electrons. The van der Waals surface area contributed by atoms with E-state index >= 15 is 0 Å². The molecule has 0 radical (unpaired) electrons. The minimum atomic E-state index is -2.75. The van der Waals surface area contributed by atoms with Crippen molar-refractivity contribution in [2.45, 2.75) is 44.1 Å². The number of nitrogens with one attached hydrogen (secondary N) is 1. The number of carbonyl (C=O) groups is 1. The van der Waals surface area contributed by atoms with Crippen molar-refractivity contribution in [3.8, 4) is 0 Å². The zero-order valence-corrected chi connectivity index (χ0v) is 15.7. The van der Waals surface area contributed by atoms with E-state index in [0.29, 0.717) is 46.0 Å². The lowest BCUT2D eigenvalue weighted by Gasteiger charge is -2.29. The van der Waals surface area contributed by atoms with Crippen molar-refractivity contribution in [3.05, 3.63) is 65.1 Å². The van der Waals surface area contributed by atoms with Crippen molar-refractivity contribution in [1.29, 1.82) is 0 Å². The summed E-state index contributed by atoms with van der Waals surface area (Å²) in [7, 11) is 0. The molecular formula is C21H20F3N3O2. The molecule has 1 saturated carbocycles. The van der Waals surface area contributed by atoms with Crippen molar-refractivity contribution in [2.24, 2.45) is 0 Å². The zero-order chi connectivity index (χ0) is 20.8. The van der Waals surface area contributed by atoms with Crippen LogP contribution in [0.1, 0.15) is 48.4 Å². The molecule has 1 aliphatic rings. The smallest absolute Gasteiger partial charge is 0.289 e. The van der Waals surface area contributed by atoms with Crippen molar-refractivity contribution in [2.75, 3.05) is 0 Å². The van der Waals surface area contributed by atoms with E-state index in [9.17, 15) is 23.2 Å². The topological polar surface area (TPSA) is 67.2 Å². The second-order valence-electron chi connectivity index (χ2n) is 7.56. The number of nitrogens with zero attached hydrogens (tertiary/aromatic N) is 2. The summed E-state index contributed by atoms with van der Waals surface area (Å²) in [6.07, 6.45) is 2.72. The van der Waals surface area contributed by atoms with Gasteiger partial charge in [0.1, 0.15) is 5.82 Å². The van der Waals surface area contributed by atoms with Crippen LogP contribution < -0.4 is 5.48 Å². The van der Waals surface area contributed by atoms with Gasteiger partial charge in [0.15, 0.2) is 0 Å². The number of hydroxylamine groups is 1. The van der Waals surface area contributed by atoms with Gasteiger partial charge in [0, 0.05) is 5.39 Å². The molecule has 1 aliphatic carbocycles. The van der Waals surface area contributed by atoms with Crippen LogP contribution in [-0.4, -0.2) is 20.9 Å². The Hall–Kier alpha value is -2.87. The minimum Gasteiger partial charge on any atom is -0.289 e. The van der Waals surface area contributed by atoms with E-state index in [1.165, 1.54) is 12.3 Å². The molecule has 0 aliphatic heterocycles. The monoisotopic (exact) mass is 403 g/mol. The van der Waals surface area contributed by atoms with Crippen LogP contribution in [0.15, 0.2) is 42.6 Å². The maximum Gasteiger partial charge on any atom is 0.333 e. The summed E-state index contributed by atoms with van der Waals surface area (Å²) in [6, 6.07) is 9.82. The van der Waals surface area contributed by atoms with Gasteiger partial charge in [-0.25, -0.2) is 14.6 Å². The number of halogens is 3. The highest BCUT2D eigenvalue weighted by Crippen LogP contribution is 2.50. The van der Waals surface area contributed by atoms with Crippen LogP contribution in [0.3, 0.4) is 0 Å². The van der Waals surface area contributed by atoms with Gasteiger partial charge in [0.2, 0.25) is 0 Å². The van der Waals surface area contributed by atoms with E-state index in [-0.39, 0.29) is 5.92 Å². The molecule has 2 N–H and O–H groups in total. The summed E-state index contributed by atoms with van der Waals surface area (Å²) >= 11 is 0. The molecular weight excluding hydrogens is 383 g/mol. The first kappa shape index (κ1) is 19.4. The Morgan fingerprint density at radius 2 is 2.14 bits per heavy atom. The third-order valence-electron chi connectivity index (χ3n) is 6.11. The maximum absolute atomic E-state index is 14.2. The fraction of sp³-hybridized carbons (Fsp3) is 0.333. The number of rotatable bonds is 4. The zero-order valence-electron chi connectivity index (χ0n) is 15.7. The molecule has 1 fully saturated rings. The average molecular weight is 403 g/mol. The number of fused-ring (bicyclic) bond motifs is 1. The number of alkyl halides is 2. The van der Waals surface area contributed by atoms with Gasteiger partial charge in [0.05, 0.1) is 17.1 Å². The number of hydrogen-bond donors (Lipinski definition) is 2. The molecule has 4 rings (SSSR count). The molecule has 0 bridgehead atoms. The highest BCUT2D eigenvalue weighted by molar-refractivity contribution is 5.88. The predicted octanol–water partition coefficient (Wildman–Crippen LogP) is 4.59. The first-order valence-electron chi connectivity index (χ1n) is 9.33. The molecule has 5 nitrogen and oxygen atoms in total. The summed E-state index contributed by atoms with van der Waals surface area (Å²) in [5.74, 6) is -1.12. The van der Waals surface area contributed by atoms with Gasteiger partial charge in [-0.05, 0) is 60.9 Å². The van der Waals surface area contributed by atoms with E-state index in [1.54, 1.807) is 36.7 Å². The highest BCUT2D eigenvalue weighted by Gasteiger charge is 2.48. The van der Waals surface area contributed by atoms with Crippen LogP contribution in [0.5, 0.6) is 0 Å². The molecule has 0 unspecified atom stereocenters. The number of amides is 1. The molecule has 2 aromatic carbocycles. The summed E-state index contributed by atoms with van der Waals surface area (Å²) in [5.41, 5.74) is 2.67. The maximum atomic E-state index is 14.2. The lowest BCUT2D eigenvalue weighted by molar-refractivity contribution is -0.135. The Morgan fingerprint density at radius 1 is 1.34 bits per heavy atom. The summed E-state index contributed by atoms with van der Waals surface area (Å²) in [5, 5.41) is 13.7. The van der Waals surface area contributed by atoms with Gasteiger partial charge in [-0.2, -0.15) is 13.9 Å². The molecule has 8 heteroatoms. The van der Waals surface area contributed by atoms with Crippen molar-refractivity contribution in [3.63, 3.8) is 0 Å². The van der Waals surface area contributed by atoms with Crippen molar-refractivity contribution < 1.29 is 23.2 Å². The number of carbonyl (C=O) groups excluding carboxylic acids is 1. The van der Waals surface area contributed by atoms with E-state index in [4.69, 9.17) is 0 Å². The average Bonchev–Trinajstić information content (AvgIpc) is 3.34. The third-order valence-corrected chi connectivity index (χ3v) is 6.11. The van der Waals surface area contributed by atoms with Crippen LogP contribution in [0.25, 0.3) is 10.9 Å². The fourth-order valence-electron chi connectivity index (χ4n) is 4.60. The first-order valence-corrected chi connectivity index (χ1v) is 9.33.